The van der Waals surface area contributed by atoms with Gasteiger partial charge in [0.1, 0.15) is 23.0 Å². The molecular formula is C50H70N4O12. The standard InChI is InChI=1S/C14H21NO2.C14H19NO2.C11H13NO6.C11H17NO2/c2*1-9(2)6-11-7-15-10(3)13-12(11)8-16-14(4,5)17-13;1-5-9(14)8(4-13)6(3-12-5)2-7(10(15)16)11(17)18;1-7(2)4-9-5-12-8(3)11(14)10(9)6-13/h7,9H,6,8H2,1-5H3;6-7H,8H2,1-5H3;3,7,13-14H,2,4H2,1H3,(H,15,16)(H,17,18);5,7,13-14H,4,6H2,1-3H3. The van der Waals surface area contributed by atoms with Gasteiger partial charge in [0, 0.05) is 80.3 Å². The summed E-state index contributed by atoms with van der Waals surface area (Å²) in [6, 6.07) is 0. The Morgan fingerprint density at radius 2 is 1.00 bits per heavy atom. The number of carboxylic acids is 2. The zero-order chi connectivity index (χ0) is 49.8. The number of carbonyl (C=O) groups is 2. The van der Waals surface area contributed by atoms with Crippen molar-refractivity contribution in [3.8, 4) is 23.0 Å². The molecule has 0 amide bonds. The first-order valence-electron chi connectivity index (χ1n) is 22.0. The quantitative estimate of drug-likeness (QED) is 0.0774. The maximum atomic E-state index is 10.8. The fourth-order valence-electron chi connectivity index (χ4n) is 7.01. The summed E-state index contributed by atoms with van der Waals surface area (Å²) in [7, 11) is 0. The first-order valence-corrected chi connectivity index (χ1v) is 22.0. The minimum Gasteiger partial charge on any atom is -0.506 e. The zero-order valence-corrected chi connectivity index (χ0v) is 41.0. The molecule has 6 heterocycles. The molecule has 16 nitrogen and oxygen atoms in total. The van der Waals surface area contributed by atoms with Gasteiger partial charge in [-0.3, -0.25) is 29.5 Å². The van der Waals surface area contributed by atoms with E-state index in [4.69, 9.17) is 39.4 Å². The van der Waals surface area contributed by atoms with E-state index in [1.807, 2.05) is 53.9 Å². The zero-order valence-electron chi connectivity index (χ0n) is 41.0. The Balaban J connectivity index is 0.000000234. The van der Waals surface area contributed by atoms with E-state index in [1.165, 1.54) is 29.8 Å². The van der Waals surface area contributed by atoms with Crippen LogP contribution in [0.2, 0.25) is 0 Å². The molecule has 0 spiro atoms. The van der Waals surface area contributed by atoms with Crippen LogP contribution in [0.4, 0.5) is 0 Å². The molecule has 2 aliphatic heterocycles. The maximum absolute atomic E-state index is 10.8. The Morgan fingerprint density at radius 1 is 0.621 bits per heavy atom. The van der Waals surface area contributed by atoms with Crippen LogP contribution in [0.1, 0.15) is 137 Å². The Morgan fingerprint density at radius 3 is 1.42 bits per heavy atom. The van der Waals surface area contributed by atoms with Gasteiger partial charge in [-0.25, -0.2) is 0 Å². The lowest BCUT2D eigenvalue weighted by Crippen LogP contribution is -2.36. The van der Waals surface area contributed by atoms with Crippen molar-refractivity contribution in [2.24, 2.45) is 17.8 Å². The van der Waals surface area contributed by atoms with Crippen LogP contribution in [0.15, 0.2) is 30.4 Å². The Kier molecular flexibility index (Phi) is 19.6. The third-order valence-corrected chi connectivity index (χ3v) is 10.5. The maximum Gasteiger partial charge on any atom is 0.318 e. The molecule has 0 radical (unpaired) electrons. The molecule has 0 saturated heterocycles. The number of hydrogen-bond donors (Lipinski definition) is 6. The highest BCUT2D eigenvalue weighted by atomic mass is 16.7. The van der Waals surface area contributed by atoms with Crippen molar-refractivity contribution >= 4 is 18.0 Å². The fraction of sp³-hybridized carbons (Fsp3) is 0.520. The predicted octanol–water partition coefficient (Wildman–Crippen LogP) is 8.39. The van der Waals surface area contributed by atoms with Crippen LogP contribution in [-0.4, -0.2) is 74.1 Å². The van der Waals surface area contributed by atoms with Crippen LogP contribution in [0.25, 0.3) is 6.08 Å². The van der Waals surface area contributed by atoms with E-state index < -0.39 is 36.0 Å². The molecule has 0 aliphatic carbocycles. The number of aromatic hydroxyl groups is 2. The van der Waals surface area contributed by atoms with Gasteiger partial charge in [0.05, 0.1) is 49.2 Å². The number of carboxylic acid groups (broad SMARTS) is 2. The number of aliphatic hydroxyl groups is 2. The SMILES string of the molecule is CC(C)=Cc1cnc(C)c2c1COC(C)(C)O2.Cc1ncc(CC(C(=O)O)C(=O)O)c(CO)c1O.Cc1ncc(CC(C)C)c(CO)c1O.Cc1ncc(CC(C)C)c2c1OC(C)(C)OC2. The van der Waals surface area contributed by atoms with Gasteiger partial charge in [-0.1, -0.05) is 39.3 Å². The second kappa shape index (κ2) is 23.7. The third-order valence-electron chi connectivity index (χ3n) is 10.5. The minimum absolute atomic E-state index is 0.106. The summed E-state index contributed by atoms with van der Waals surface area (Å²) in [6.45, 7) is 28.2. The molecule has 6 rings (SSSR count). The van der Waals surface area contributed by atoms with Crippen molar-refractivity contribution in [3.05, 3.63) is 97.6 Å². The van der Waals surface area contributed by atoms with E-state index in [-0.39, 0.29) is 41.3 Å². The molecule has 16 heteroatoms. The average Bonchev–Trinajstić information content (AvgIpc) is 3.21. The number of rotatable bonds is 11. The molecule has 2 aliphatic rings. The molecule has 6 N–H and O–H groups in total. The van der Waals surface area contributed by atoms with Crippen molar-refractivity contribution in [1.82, 2.24) is 19.9 Å². The molecule has 4 aromatic rings. The second-order valence-corrected chi connectivity index (χ2v) is 18.4. The largest absolute Gasteiger partial charge is 0.506 e. The van der Waals surface area contributed by atoms with Crippen molar-refractivity contribution in [1.29, 1.82) is 0 Å². The molecule has 0 unspecified atom stereocenters. The first kappa shape index (κ1) is 54.7. The van der Waals surface area contributed by atoms with E-state index in [0.717, 1.165) is 52.4 Å². The van der Waals surface area contributed by atoms with Gasteiger partial charge in [0.15, 0.2) is 5.92 Å². The van der Waals surface area contributed by atoms with E-state index >= 15 is 0 Å². The summed E-state index contributed by atoms with van der Waals surface area (Å²) in [5.41, 5.74) is 10.4. The topological polar surface area (TPSA) is 244 Å². The molecular weight excluding hydrogens is 849 g/mol. The van der Waals surface area contributed by atoms with E-state index in [9.17, 15) is 19.8 Å². The smallest absolute Gasteiger partial charge is 0.318 e. The Bertz CT molecular complexity index is 2340. The summed E-state index contributed by atoms with van der Waals surface area (Å²) < 4.78 is 23.2. The van der Waals surface area contributed by atoms with Crippen LogP contribution >= 0.6 is 0 Å². The van der Waals surface area contributed by atoms with Gasteiger partial charge in [-0.05, 0) is 89.3 Å². The molecule has 0 aromatic carbocycles. The molecule has 66 heavy (non-hydrogen) atoms. The highest BCUT2D eigenvalue weighted by Crippen LogP contribution is 2.37. The number of ether oxygens (including phenoxy) is 4. The lowest BCUT2D eigenvalue weighted by Gasteiger charge is -2.34. The van der Waals surface area contributed by atoms with Crippen molar-refractivity contribution in [2.75, 3.05) is 0 Å². The number of hydrogen-bond acceptors (Lipinski definition) is 14. The predicted molar refractivity (Wildman–Crippen MR) is 249 cm³/mol. The van der Waals surface area contributed by atoms with E-state index in [0.29, 0.717) is 36.3 Å². The van der Waals surface area contributed by atoms with Crippen LogP contribution in [0.3, 0.4) is 0 Å². The van der Waals surface area contributed by atoms with Gasteiger partial charge in [-0.15, -0.1) is 0 Å². The van der Waals surface area contributed by atoms with Gasteiger partial charge in [-0.2, -0.15) is 0 Å². The summed E-state index contributed by atoms with van der Waals surface area (Å²) in [6.07, 6.45) is 10.4. The second-order valence-electron chi connectivity index (χ2n) is 18.4. The molecule has 0 bridgehead atoms. The van der Waals surface area contributed by atoms with E-state index in [2.05, 4.69) is 67.6 Å². The average molecular weight is 919 g/mol. The van der Waals surface area contributed by atoms with Crippen LogP contribution in [0, 0.1) is 45.4 Å². The van der Waals surface area contributed by atoms with Gasteiger partial charge < -0.3 is 49.6 Å². The normalized spacial score (nSPS) is 14.2. The Labute approximate surface area is 388 Å². The first-order chi connectivity index (χ1) is 30.7. The molecule has 4 aromatic heterocycles. The number of fused-ring (bicyclic) bond motifs is 2. The number of aliphatic hydroxyl groups excluding tert-OH is 2. The Hall–Kier alpha value is -5.68. The fourth-order valence-corrected chi connectivity index (χ4v) is 7.01. The number of aryl methyl sites for hydroxylation is 4. The molecule has 0 fully saturated rings. The van der Waals surface area contributed by atoms with Crippen molar-refractivity contribution < 1.29 is 59.2 Å². The van der Waals surface area contributed by atoms with E-state index in [1.54, 1.807) is 13.1 Å². The lowest BCUT2D eigenvalue weighted by molar-refractivity contribution is -0.181. The lowest BCUT2D eigenvalue weighted by atomic mass is 9.96. The minimum atomic E-state index is -1.64. The molecule has 0 saturated carbocycles. The van der Waals surface area contributed by atoms with Crippen molar-refractivity contribution in [2.45, 2.75) is 154 Å². The molecule has 0 atom stereocenters. The number of pyridine rings is 4. The summed E-state index contributed by atoms with van der Waals surface area (Å²) in [5.74, 6) is -2.94. The van der Waals surface area contributed by atoms with Crippen LogP contribution < -0.4 is 9.47 Å². The molecule has 362 valence electrons. The highest BCUT2D eigenvalue weighted by molar-refractivity contribution is 5.93. The number of nitrogens with zero attached hydrogens (tertiary/aromatic N) is 4. The van der Waals surface area contributed by atoms with Crippen LogP contribution in [0.5, 0.6) is 23.0 Å². The summed E-state index contributed by atoms with van der Waals surface area (Å²) in [5, 5.41) is 55.1. The summed E-state index contributed by atoms with van der Waals surface area (Å²) in [4.78, 5) is 38.2. The van der Waals surface area contributed by atoms with Gasteiger partial charge >= 0.3 is 11.9 Å². The number of aliphatic carboxylic acids is 2. The van der Waals surface area contributed by atoms with Gasteiger partial charge in [0.25, 0.3) is 0 Å². The van der Waals surface area contributed by atoms with Gasteiger partial charge in [0.2, 0.25) is 11.6 Å². The number of aromatic nitrogens is 4. The third kappa shape index (κ3) is 15.2. The summed E-state index contributed by atoms with van der Waals surface area (Å²) >= 11 is 0. The van der Waals surface area contributed by atoms with Crippen molar-refractivity contribution in [3.63, 3.8) is 0 Å². The van der Waals surface area contributed by atoms with Crippen LogP contribution in [-0.2, 0) is 64.8 Å². The highest BCUT2D eigenvalue weighted by Gasteiger charge is 2.32. The number of allylic oxidation sites excluding steroid dienone is 1. The monoisotopic (exact) mass is 918 g/mol.